The van der Waals surface area contributed by atoms with Crippen molar-refractivity contribution in [2.24, 2.45) is 5.10 Å². The lowest BCUT2D eigenvalue weighted by Gasteiger charge is -2.09. The van der Waals surface area contributed by atoms with Crippen LogP contribution in [-0.2, 0) is 0 Å². The molecule has 136 valence electrons. The predicted octanol–water partition coefficient (Wildman–Crippen LogP) is 4.71. The Bertz CT molecular complexity index is 1160. The molecule has 6 heteroatoms. The topological polar surface area (TPSA) is 67.2 Å². The normalized spacial score (nSPS) is 11.0. The monoisotopic (exact) mass is 386 g/mol. The Kier molecular flexibility index (Phi) is 5.08. The van der Waals surface area contributed by atoms with Gasteiger partial charge in [0.05, 0.1) is 23.0 Å². The van der Waals surface area contributed by atoms with E-state index in [2.05, 4.69) is 20.5 Å². The van der Waals surface area contributed by atoms with Crippen LogP contribution in [0, 0.1) is 0 Å². The molecule has 2 heterocycles. The summed E-state index contributed by atoms with van der Waals surface area (Å²) in [5, 5.41) is 5.46. The number of amides is 1. The average Bonchev–Trinajstić information content (AvgIpc) is 2.74. The van der Waals surface area contributed by atoms with Crippen molar-refractivity contribution in [1.82, 2.24) is 15.4 Å². The molecule has 0 aliphatic carbocycles. The largest absolute Gasteiger partial charge is 0.272 e. The number of hydrazone groups is 1. The highest BCUT2D eigenvalue weighted by molar-refractivity contribution is 6.30. The number of rotatable bonds is 4. The SMILES string of the molecule is O=C(NN=Cc1ccncc1)c1cc(-c2ccc(Cl)cc2)nc2ccccc12. The minimum atomic E-state index is -0.306. The van der Waals surface area contributed by atoms with E-state index in [0.29, 0.717) is 16.3 Å². The third-order valence-corrected chi connectivity index (χ3v) is 4.44. The maximum Gasteiger partial charge on any atom is 0.272 e. The zero-order chi connectivity index (χ0) is 19.3. The number of nitrogens with zero attached hydrogens (tertiary/aromatic N) is 3. The Labute approximate surface area is 166 Å². The number of carbonyl (C=O) groups is 1. The van der Waals surface area contributed by atoms with Crippen LogP contribution in [0.4, 0.5) is 0 Å². The van der Waals surface area contributed by atoms with Crippen LogP contribution in [0.5, 0.6) is 0 Å². The summed E-state index contributed by atoms with van der Waals surface area (Å²) < 4.78 is 0. The Morgan fingerprint density at radius 3 is 2.54 bits per heavy atom. The van der Waals surface area contributed by atoms with Gasteiger partial charge in [0.15, 0.2) is 0 Å². The summed E-state index contributed by atoms with van der Waals surface area (Å²) in [5.41, 5.74) is 6.24. The maximum atomic E-state index is 12.8. The highest BCUT2D eigenvalue weighted by Gasteiger charge is 2.13. The number of fused-ring (bicyclic) bond motifs is 1. The molecule has 0 saturated heterocycles. The first kappa shape index (κ1) is 17.8. The van der Waals surface area contributed by atoms with Crippen LogP contribution in [0.1, 0.15) is 15.9 Å². The number of nitrogens with one attached hydrogen (secondary N) is 1. The van der Waals surface area contributed by atoms with Gasteiger partial charge < -0.3 is 0 Å². The van der Waals surface area contributed by atoms with Gasteiger partial charge in [-0.1, -0.05) is 41.9 Å². The molecule has 0 fully saturated rings. The van der Waals surface area contributed by atoms with Crippen LogP contribution in [-0.4, -0.2) is 22.1 Å². The third-order valence-electron chi connectivity index (χ3n) is 4.19. The highest BCUT2D eigenvalue weighted by atomic mass is 35.5. The molecule has 2 aromatic heterocycles. The van der Waals surface area contributed by atoms with E-state index in [1.807, 2.05) is 36.4 Å². The lowest BCUT2D eigenvalue weighted by Crippen LogP contribution is -2.18. The molecule has 4 rings (SSSR count). The van der Waals surface area contributed by atoms with Gasteiger partial charge in [-0.25, -0.2) is 10.4 Å². The van der Waals surface area contributed by atoms with Gasteiger partial charge >= 0.3 is 0 Å². The van der Waals surface area contributed by atoms with Gasteiger partial charge in [-0.05, 0) is 42.0 Å². The first-order valence-electron chi connectivity index (χ1n) is 8.60. The van der Waals surface area contributed by atoms with Crippen LogP contribution >= 0.6 is 11.6 Å². The minimum Gasteiger partial charge on any atom is -0.267 e. The van der Waals surface area contributed by atoms with Crippen molar-refractivity contribution in [2.75, 3.05) is 0 Å². The van der Waals surface area contributed by atoms with Crippen LogP contribution in [0.15, 0.2) is 84.2 Å². The van der Waals surface area contributed by atoms with Gasteiger partial charge in [0, 0.05) is 28.4 Å². The average molecular weight is 387 g/mol. The number of benzene rings is 2. The lowest BCUT2D eigenvalue weighted by atomic mass is 10.0. The summed E-state index contributed by atoms with van der Waals surface area (Å²) in [6.45, 7) is 0. The summed E-state index contributed by atoms with van der Waals surface area (Å²) in [7, 11) is 0. The summed E-state index contributed by atoms with van der Waals surface area (Å²) in [6.07, 6.45) is 4.90. The molecule has 4 aromatic rings. The third kappa shape index (κ3) is 3.89. The molecule has 0 aliphatic heterocycles. The summed E-state index contributed by atoms with van der Waals surface area (Å²) in [6, 6.07) is 20.2. The second kappa shape index (κ2) is 7.98. The second-order valence-corrected chi connectivity index (χ2v) is 6.50. The van der Waals surface area contributed by atoms with E-state index in [1.54, 1.807) is 48.9 Å². The van der Waals surface area contributed by atoms with Crippen LogP contribution in [0.3, 0.4) is 0 Å². The molecular formula is C22H15ClN4O. The quantitative estimate of drug-likeness (QED) is 0.408. The van der Waals surface area contributed by atoms with E-state index in [-0.39, 0.29) is 5.91 Å². The summed E-state index contributed by atoms with van der Waals surface area (Å²) in [4.78, 5) is 21.4. The fourth-order valence-electron chi connectivity index (χ4n) is 2.81. The molecule has 0 aliphatic rings. The molecule has 0 atom stereocenters. The van der Waals surface area contributed by atoms with Crippen molar-refractivity contribution in [3.05, 3.63) is 95.3 Å². The Morgan fingerprint density at radius 1 is 1.00 bits per heavy atom. The van der Waals surface area contributed by atoms with E-state index in [9.17, 15) is 4.79 Å². The lowest BCUT2D eigenvalue weighted by molar-refractivity contribution is 0.0957. The van der Waals surface area contributed by atoms with Gasteiger partial charge in [0.25, 0.3) is 5.91 Å². The van der Waals surface area contributed by atoms with Gasteiger partial charge in [-0.3, -0.25) is 9.78 Å². The predicted molar refractivity (Wildman–Crippen MR) is 111 cm³/mol. The van der Waals surface area contributed by atoms with Crippen molar-refractivity contribution in [2.45, 2.75) is 0 Å². The Hall–Kier alpha value is -3.57. The Balaban J connectivity index is 1.69. The molecule has 0 bridgehead atoms. The molecule has 28 heavy (non-hydrogen) atoms. The molecule has 0 saturated carbocycles. The number of halogens is 1. The fraction of sp³-hybridized carbons (Fsp3) is 0. The number of carbonyl (C=O) groups excluding carboxylic acids is 1. The van der Waals surface area contributed by atoms with Gasteiger partial charge in [0.1, 0.15) is 0 Å². The van der Waals surface area contributed by atoms with Crippen LogP contribution in [0.25, 0.3) is 22.2 Å². The van der Waals surface area contributed by atoms with Crippen LogP contribution < -0.4 is 5.43 Å². The summed E-state index contributed by atoms with van der Waals surface area (Å²) in [5.74, 6) is -0.306. The standard InChI is InChI=1S/C22H15ClN4O/c23-17-7-5-16(6-8-17)21-13-19(18-3-1-2-4-20(18)26-21)22(28)27-25-14-15-9-11-24-12-10-15/h1-14H,(H,27,28). The molecule has 1 amide bonds. The number of para-hydroxylation sites is 1. The molecule has 0 unspecified atom stereocenters. The van der Waals surface area contributed by atoms with E-state index < -0.39 is 0 Å². The number of hydrogen-bond donors (Lipinski definition) is 1. The second-order valence-electron chi connectivity index (χ2n) is 6.06. The number of aromatic nitrogens is 2. The zero-order valence-corrected chi connectivity index (χ0v) is 15.5. The molecular weight excluding hydrogens is 372 g/mol. The molecule has 0 radical (unpaired) electrons. The van der Waals surface area contributed by atoms with Gasteiger partial charge in [-0.15, -0.1) is 0 Å². The summed E-state index contributed by atoms with van der Waals surface area (Å²) >= 11 is 5.98. The molecule has 5 nitrogen and oxygen atoms in total. The fourth-order valence-corrected chi connectivity index (χ4v) is 2.93. The zero-order valence-electron chi connectivity index (χ0n) is 14.7. The first-order valence-corrected chi connectivity index (χ1v) is 8.98. The van der Waals surface area contributed by atoms with E-state index >= 15 is 0 Å². The number of hydrogen-bond acceptors (Lipinski definition) is 4. The molecule has 1 N–H and O–H groups in total. The maximum absolute atomic E-state index is 12.8. The van der Waals surface area contributed by atoms with Crippen LogP contribution in [0.2, 0.25) is 5.02 Å². The van der Waals surface area contributed by atoms with E-state index in [4.69, 9.17) is 11.6 Å². The van der Waals surface area contributed by atoms with Gasteiger partial charge in [0.2, 0.25) is 0 Å². The Morgan fingerprint density at radius 2 is 1.75 bits per heavy atom. The van der Waals surface area contributed by atoms with Gasteiger partial charge in [-0.2, -0.15) is 5.10 Å². The first-order chi connectivity index (χ1) is 13.7. The van der Waals surface area contributed by atoms with Crippen molar-refractivity contribution >= 4 is 34.6 Å². The van der Waals surface area contributed by atoms with E-state index in [1.165, 1.54) is 0 Å². The van der Waals surface area contributed by atoms with Crippen molar-refractivity contribution in [1.29, 1.82) is 0 Å². The smallest absolute Gasteiger partial charge is 0.267 e. The van der Waals surface area contributed by atoms with E-state index in [0.717, 1.165) is 22.0 Å². The molecule has 2 aromatic carbocycles. The highest BCUT2D eigenvalue weighted by Crippen LogP contribution is 2.26. The number of pyridine rings is 2. The minimum absolute atomic E-state index is 0.306. The van der Waals surface area contributed by atoms with Crippen molar-refractivity contribution in [3.63, 3.8) is 0 Å². The molecule has 0 spiro atoms. The van der Waals surface area contributed by atoms with Crippen molar-refractivity contribution in [3.8, 4) is 11.3 Å². The van der Waals surface area contributed by atoms with Crippen molar-refractivity contribution < 1.29 is 4.79 Å².